The van der Waals surface area contributed by atoms with Crippen molar-refractivity contribution < 1.29 is 9.59 Å². The first-order valence-electron chi connectivity index (χ1n) is 14.2. The highest BCUT2D eigenvalue weighted by Crippen LogP contribution is 2.41. The van der Waals surface area contributed by atoms with Gasteiger partial charge in [-0.2, -0.15) is 0 Å². The molecular weight excluding hydrogens is 436 g/mol. The van der Waals surface area contributed by atoms with Crippen LogP contribution in [0.15, 0.2) is 24.3 Å². The van der Waals surface area contributed by atoms with Crippen molar-refractivity contribution in [2.24, 2.45) is 17.3 Å². The van der Waals surface area contributed by atoms with Gasteiger partial charge in [0, 0.05) is 13.1 Å². The predicted octanol–water partition coefficient (Wildman–Crippen LogP) is 3.32. The van der Waals surface area contributed by atoms with Crippen molar-refractivity contribution in [2.75, 3.05) is 26.2 Å². The van der Waals surface area contributed by atoms with E-state index in [-0.39, 0.29) is 35.4 Å². The number of likely N-dealkylation sites (tertiary alicyclic amines) is 1. The fourth-order valence-corrected chi connectivity index (χ4v) is 7.91. The van der Waals surface area contributed by atoms with Gasteiger partial charge in [0.25, 0.3) is 0 Å². The largest absolute Gasteiger partial charge is 0.347 e. The van der Waals surface area contributed by atoms with Gasteiger partial charge in [0.05, 0.1) is 12.1 Å². The van der Waals surface area contributed by atoms with E-state index in [1.165, 1.54) is 43.2 Å². The number of carbonyl (C=O) groups is 2. The van der Waals surface area contributed by atoms with Crippen LogP contribution in [0.1, 0.15) is 81.4 Å². The number of hydrogen-bond donors (Lipinski definition) is 3. The molecule has 3 N–H and O–H groups in total. The lowest BCUT2D eigenvalue weighted by atomic mass is 9.77. The van der Waals surface area contributed by atoms with Crippen LogP contribution in [0.4, 0.5) is 0 Å². The van der Waals surface area contributed by atoms with Crippen molar-refractivity contribution in [1.29, 1.82) is 0 Å². The van der Waals surface area contributed by atoms with Gasteiger partial charge in [0.15, 0.2) is 0 Å². The van der Waals surface area contributed by atoms with Gasteiger partial charge in [-0.1, -0.05) is 56.4 Å². The molecule has 4 atom stereocenters. The third-order valence-corrected chi connectivity index (χ3v) is 10.0. The molecule has 1 unspecified atom stereocenters. The molecule has 3 saturated heterocycles. The second-order valence-electron chi connectivity index (χ2n) is 12.1. The van der Waals surface area contributed by atoms with Gasteiger partial charge in [-0.3, -0.25) is 9.59 Å². The number of fused-ring (bicyclic) bond motifs is 1. The molecule has 1 aromatic carbocycles. The first-order valence-corrected chi connectivity index (χ1v) is 14.2. The van der Waals surface area contributed by atoms with Crippen LogP contribution >= 0.6 is 0 Å². The SMILES string of the molecule is O=C(NC1CCc2ccccc21)[C@@H]1C[C@@H](C2CCCCC2)CN1C(=O)[C@H]1CC2(CCNCC2)CN1. The number of nitrogens with one attached hydrogen (secondary N) is 3. The third-order valence-electron chi connectivity index (χ3n) is 10.0. The van der Waals surface area contributed by atoms with Crippen molar-refractivity contribution >= 4 is 11.8 Å². The maximum atomic E-state index is 13.9. The van der Waals surface area contributed by atoms with Crippen LogP contribution in [0.3, 0.4) is 0 Å². The van der Waals surface area contributed by atoms with E-state index in [0.29, 0.717) is 11.8 Å². The maximum absolute atomic E-state index is 13.9. The van der Waals surface area contributed by atoms with E-state index in [1.807, 2.05) is 4.90 Å². The lowest BCUT2D eigenvalue weighted by Gasteiger charge is -2.33. The fraction of sp³-hybridized carbons (Fsp3) is 0.724. The Balaban J connectivity index is 1.18. The van der Waals surface area contributed by atoms with Gasteiger partial charge in [-0.25, -0.2) is 0 Å². The minimum absolute atomic E-state index is 0.0629. The Labute approximate surface area is 210 Å². The Kier molecular flexibility index (Phi) is 6.61. The van der Waals surface area contributed by atoms with Crippen molar-refractivity contribution in [3.05, 3.63) is 35.4 Å². The van der Waals surface area contributed by atoms with Crippen LogP contribution < -0.4 is 16.0 Å². The van der Waals surface area contributed by atoms with Crippen LogP contribution in [0, 0.1) is 17.3 Å². The molecule has 190 valence electrons. The Hall–Kier alpha value is -1.92. The zero-order valence-electron chi connectivity index (χ0n) is 21.1. The molecular formula is C29H42N4O2. The number of rotatable bonds is 4. The molecule has 6 rings (SSSR count). The Morgan fingerprint density at radius 3 is 2.63 bits per heavy atom. The van der Waals surface area contributed by atoms with E-state index < -0.39 is 0 Å². The zero-order chi connectivity index (χ0) is 23.8. The fourth-order valence-electron chi connectivity index (χ4n) is 7.91. The Bertz CT molecular complexity index is 936. The molecule has 35 heavy (non-hydrogen) atoms. The number of piperidine rings is 1. The van der Waals surface area contributed by atoms with Gasteiger partial charge in [-0.05, 0) is 80.0 Å². The van der Waals surface area contributed by atoms with E-state index in [4.69, 9.17) is 0 Å². The molecule has 0 bridgehead atoms. The summed E-state index contributed by atoms with van der Waals surface area (Å²) >= 11 is 0. The normalized spacial score (nSPS) is 32.6. The van der Waals surface area contributed by atoms with E-state index in [1.54, 1.807) is 0 Å². The molecule has 0 aromatic heterocycles. The number of hydrogen-bond acceptors (Lipinski definition) is 4. The molecule has 1 aromatic rings. The average Bonchev–Trinajstić information content (AvgIpc) is 3.63. The second-order valence-corrected chi connectivity index (χ2v) is 12.1. The Morgan fingerprint density at radius 2 is 1.80 bits per heavy atom. The van der Waals surface area contributed by atoms with Gasteiger partial charge < -0.3 is 20.9 Å². The third kappa shape index (κ3) is 4.64. The highest BCUT2D eigenvalue weighted by molar-refractivity contribution is 5.91. The summed E-state index contributed by atoms with van der Waals surface area (Å²) in [5.74, 6) is 1.36. The summed E-state index contributed by atoms with van der Waals surface area (Å²) in [5, 5.41) is 10.4. The molecule has 6 nitrogen and oxygen atoms in total. The van der Waals surface area contributed by atoms with Crippen molar-refractivity contribution in [1.82, 2.24) is 20.9 Å². The molecule has 1 saturated carbocycles. The predicted molar refractivity (Wildman–Crippen MR) is 137 cm³/mol. The summed E-state index contributed by atoms with van der Waals surface area (Å²) in [5.41, 5.74) is 2.85. The summed E-state index contributed by atoms with van der Waals surface area (Å²) in [6.07, 6.45) is 12.4. The lowest BCUT2D eigenvalue weighted by Crippen LogP contribution is -2.51. The monoisotopic (exact) mass is 478 g/mol. The number of carbonyl (C=O) groups excluding carboxylic acids is 2. The van der Waals surface area contributed by atoms with Crippen LogP contribution in [0.5, 0.6) is 0 Å². The first-order chi connectivity index (χ1) is 17.1. The highest BCUT2D eigenvalue weighted by atomic mass is 16.2. The number of nitrogens with zero attached hydrogens (tertiary/aromatic N) is 1. The van der Waals surface area contributed by atoms with Crippen LogP contribution in [0.2, 0.25) is 0 Å². The summed E-state index contributed by atoms with van der Waals surface area (Å²) in [6, 6.07) is 8.08. The second kappa shape index (κ2) is 9.85. The quantitative estimate of drug-likeness (QED) is 0.621. The molecule has 2 amide bonds. The number of benzene rings is 1. The van der Waals surface area contributed by atoms with Crippen LogP contribution in [-0.2, 0) is 16.0 Å². The van der Waals surface area contributed by atoms with Crippen molar-refractivity contribution in [2.45, 2.75) is 88.8 Å². The van der Waals surface area contributed by atoms with Crippen LogP contribution in [0.25, 0.3) is 0 Å². The molecule has 6 heteroatoms. The number of aryl methyl sites for hydroxylation is 1. The van der Waals surface area contributed by atoms with E-state index >= 15 is 0 Å². The van der Waals surface area contributed by atoms with Crippen molar-refractivity contribution in [3.8, 4) is 0 Å². The zero-order valence-corrected chi connectivity index (χ0v) is 21.1. The lowest BCUT2D eigenvalue weighted by molar-refractivity contribution is -0.140. The molecule has 4 fully saturated rings. The molecule has 3 heterocycles. The minimum Gasteiger partial charge on any atom is -0.347 e. The van der Waals surface area contributed by atoms with Gasteiger partial charge >= 0.3 is 0 Å². The van der Waals surface area contributed by atoms with Crippen molar-refractivity contribution in [3.63, 3.8) is 0 Å². The first kappa shape index (κ1) is 23.5. The van der Waals surface area contributed by atoms with E-state index in [2.05, 4.69) is 40.2 Å². The summed E-state index contributed by atoms with van der Waals surface area (Å²) in [4.78, 5) is 29.6. The summed E-state index contributed by atoms with van der Waals surface area (Å²) in [6.45, 7) is 3.78. The summed E-state index contributed by atoms with van der Waals surface area (Å²) < 4.78 is 0. The Morgan fingerprint density at radius 1 is 1.00 bits per heavy atom. The topological polar surface area (TPSA) is 73.5 Å². The van der Waals surface area contributed by atoms with Gasteiger partial charge in [-0.15, -0.1) is 0 Å². The molecule has 1 spiro atoms. The molecule has 5 aliphatic rings. The summed E-state index contributed by atoms with van der Waals surface area (Å²) in [7, 11) is 0. The minimum atomic E-state index is -0.325. The van der Waals surface area contributed by atoms with Crippen LogP contribution in [-0.4, -0.2) is 55.0 Å². The maximum Gasteiger partial charge on any atom is 0.243 e. The smallest absolute Gasteiger partial charge is 0.243 e. The molecule has 2 aliphatic carbocycles. The van der Waals surface area contributed by atoms with Gasteiger partial charge in [0.2, 0.25) is 11.8 Å². The molecule has 0 radical (unpaired) electrons. The number of amides is 2. The molecule has 3 aliphatic heterocycles. The average molecular weight is 479 g/mol. The standard InChI is InChI=1S/C29H42N4O2/c34-27(32-24-11-10-21-8-4-5-9-23(21)24)26-16-22(20-6-2-1-3-7-20)18-33(26)28(35)25-17-29(19-31-25)12-14-30-15-13-29/h4-5,8-9,20,22,24-26,30-31H,1-3,6-7,10-19H2,(H,32,34)/t22-,24?,25-,26+/m1/s1. The van der Waals surface area contributed by atoms with E-state index in [0.717, 1.165) is 64.7 Å². The van der Waals surface area contributed by atoms with Gasteiger partial charge in [0.1, 0.15) is 6.04 Å². The van der Waals surface area contributed by atoms with E-state index in [9.17, 15) is 9.59 Å². The highest BCUT2D eigenvalue weighted by Gasteiger charge is 2.48.